The largest absolute Gasteiger partial charge is 0.497 e. The van der Waals surface area contributed by atoms with Crippen molar-refractivity contribution in [3.05, 3.63) is 24.3 Å². The molecule has 0 spiro atoms. The average molecular weight is 291 g/mol. The number of ether oxygens (including phenoxy) is 1. The van der Waals surface area contributed by atoms with E-state index < -0.39 is 0 Å². The van der Waals surface area contributed by atoms with Crippen molar-refractivity contribution in [1.82, 2.24) is 4.90 Å². The van der Waals surface area contributed by atoms with Crippen LogP contribution in [0.15, 0.2) is 24.3 Å². The molecule has 2 N–H and O–H groups in total. The molecule has 1 aromatic carbocycles. The molecule has 1 saturated heterocycles. The van der Waals surface area contributed by atoms with Crippen molar-refractivity contribution < 1.29 is 4.74 Å². The summed E-state index contributed by atoms with van der Waals surface area (Å²) in [5.41, 5.74) is 7.50. The summed E-state index contributed by atoms with van der Waals surface area (Å²) < 4.78 is 5.32. The lowest BCUT2D eigenvalue weighted by Crippen LogP contribution is -2.59. The van der Waals surface area contributed by atoms with E-state index in [1.54, 1.807) is 7.11 Å². The highest BCUT2D eigenvalue weighted by molar-refractivity contribution is 5.51. The van der Waals surface area contributed by atoms with Gasteiger partial charge in [0.05, 0.1) is 7.11 Å². The second-order valence-corrected chi connectivity index (χ2v) is 5.81. The molecule has 0 aromatic heterocycles. The molecule has 2 rings (SSSR count). The van der Waals surface area contributed by atoms with Gasteiger partial charge in [0.1, 0.15) is 5.75 Å². The molecule has 4 heteroatoms. The van der Waals surface area contributed by atoms with Crippen LogP contribution in [0, 0.1) is 0 Å². The van der Waals surface area contributed by atoms with E-state index in [0.717, 1.165) is 51.3 Å². The van der Waals surface area contributed by atoms with E-state index in [0.29, 0.717) is 0 Å². The summed E-state index contributed by atoms with van der Waals surface area (Å²) in [5.74, 6) is 0.924. The van der Waals surface area contributed by atoms with Crippen molar-refractivity contribution in [2.45, 2.75) is 32.2 Å². The zero-order chi connectivity index (χ0) is 15.3. The van der Waals surface area contributed by atoms with Gasteiger partial charge >= 0.3 is 0 Å². The second kappa shape index (κ2) is 7.14. The van der Waals surface area contributed by atoms with Crippen LogP contribution in [0.1, 0.15) is 26.7 Å². The number of hydrogen-bond donors (Lipinski definition) is 1. The third-order valence-corrected chi connectivity index (χ3v) is 5.07. The standard InChI is InChI=1S/C17H29N3O/c1-4-17(5-2,14-18)20-11-9-19(10-12-20)15-7-6-8-16(13-15)21-3/h6-8,13H,4-5,9-12,14,18H2,1-3H3. The number of benzene rings is 1. The lowest BCUT2D eigenvalue weighted by Gasteiger charge is -2.47. The van der Waals surface area contributed by atoms with Crippen LogP contribution < -0.4 is 15.4 Å². The minimum atomic E-state index is 0.181. The summed E-state index contributed by atoms with van der Waals surface area (Å²) >= 11 is 0. The highest BCUT2D eigenvalue weighted by atomic mass is 16.5. The van der Waals surface area contributed by atoms with Crippen LogP contribution in [0.25, 0.3) is 0 Å². The van der Waals surface area contributed by atoms with Crippen molar-refractivity contribution in [3.63, 3.8) is 0 Å². The number of hydrogen-bond acceptors (Lipinski definition) is 4. The Bertz CT molecular complexity index is 429. The zero-order valence-corrected chi connectivity index (χ0v) is 13.6. The van der Waals surface area contributed by atoms with Crippen molar-refractivity contribution in [3.8, 4) is 5.75 Å². The Morgan fingerprint density at radius 3 is 2.33 bits per heavy atom. The minimum Gasteiger partial charge on any atom is -0.497 e. The van der Waals surface area contributed by atoms with Crippen molar-refractivity contribution in [2.24, 2.45) is 5.73 Å². The number of nitrogens with zero attached hydrogens (tertiary/aromatic N) is 2. The first-order valence-electron chi connectivity index (χ1n) is 8.03. The monoisotopic (exact) mass is 291 g/mol. The van der Waals surface area contributed by atoms with Gasteiger partial charge in [-0.3, -0.25) is 4.90 Å². The molecule has 0 unspecified atom stereocenters. The summed E-state index contributed by atoms with van der Waals surface area (Å²) in [6, 6.07) is 8.33. The Morgan fingerprint density at radius 1 is 1.14 bits per heavy atom. The van der Waals surface area contributed by atoms with E-state index in [1.165, 1.54) is 5.69 Å². The van der Waals surface area contributed by atoms with Gasteiger partial charge in [-0.1, -0.05) is 19.9 Å². The molecule has 0 aliphatic carbocycles. The SMILES string of the molecule is CCC(CC)(CN)N1CCN(c2cccc(OC)c2)CC1. The summed E-state index contributed by atoms with van der Waals surface area (Å²) in [5, 5.41) is 0. The van der Waals surface area contributed by atoms with Crippen LogP contribution in [-0.4, -0.2) is 50.3 Å². The van der Waals surface area contributed by atoms with E-state index in [9.17, 15) is 0 Å². The summed E-state index contributed by atoms with van der Waals surface area (Å²) in [6.07, 6.45) is 2.25. The number of piperazine rings is 1. The maximum Gasteiger partial charge on any atom is 0.120 e. The van der Waals surface area contributed by atoms with Crippen molar-refractivity contribution in [1.29, 1.82) is 0 Å². The predicted molar refractivity (Wildman–Crippen MR) is 89.1 cm³/mol. The highest BCUT2D eigenvalue weighted by Crippen LogP contribution is 2.27. The van der Waals surface area contributed by atoms with Gasteiger partial charge < -0.3 is 15.4 Å². The van der Waals surface area contributed by atoms with Crippen molar-refractivity contribution >= 4 is 5.69 Å². The van der Waals surface area contributed by atoms with Gasteiger partial charge in [0.15, 0.2) is 0 Å². The molecule has 1 aliphatic rings. The third-order valence-electron chi connectivity index (χ3n) is 5.07. The summed E-state index contributed by atoms with van der Waals surface area (Å²) in [7, 11) is 1.72. The molecule has 0 atom stereocenters. The Balaban J connectivity index is 2.02. The van der Waals surface area contributed by atoms with Gasteiger partial charge in [0.2, 0.25) is 0 Å². The number of methoxy groups -OCH3 is 1. The van der Waals surface area contributed by atoms with Crippen LogP contribution in [0.5, 0.6) is 5.75 Å². The minimum absolute atomic E-state index is 0.181. The number of rotatable bonds is 6. The first-order valence-corrected chi connectivity index (χ1v) is 8.03. The zero-order valence-electron chi connectivity index (χ0n) is 13.6. The Labute approximate surface area is 128 Å². The van der Waals surface area contributed by atoms with E-state index >= 15 is 0 Å². The molecule has 0 bridgehead atoms. The quantitative estimate of drug-likeness (QED) is 0.873. The fourth-order valence-corrected chi connectivity index (χ4v) is 3.36. The lowest BCUT2D eigenvalue weighted by atomic mass is 9.90. The smallest absolute Gasteiger partial charge is 0.120 e. The second-order valence-electron chi connectivity index (χ2n) is 5.81. The van der Waals surface area contributed by atoms with Crippen LogP contribution in [0.3, 0.4) is 0 Å². The Hall–Kier alpha value is -1.26. The lowest BCUT2D eigenvalue weighted by molar-refractivity contribution is 0.0786. The Kier molecular flexibility index (Phi) is 5.48. The van der Waals surface area contributed by atoms with Gasteiger partial charge in [-0.2, -0.15) is 0 Å². The van der Waals surface area contributed by atoms with Crippen LogP contribution in [0.4, 0.5) is 5.69 Å². The third kappa shape index (κ3) is 3.33. The van der Waals surface area contributed by atoms with Gasteiger partial charge in [-0.15, -0.1) is 0 Å². The van der Waals surface area contributed by atoms with E-state index in [1.807, 2.05) is 6.07 Å². The molecule has 1 aromatic rings. The maximum atomic E-state index is 6.07. The van der Waals surface area contributed by atoms with E-state index in [-0.39, 0.29) is 5.54 Å². The molecule has 4 nitrogen and oxygen atoms in total. The fraction of sp³-hybridized carbons (Fsp3) is 0.647. The molecule has 21 heavy (non-hydrogen) atoms. The average Bonchev–Trinajstić information content (AvgIpc) is 2.57. The topological polar surface area (TPSA) is 41.7 Å². The van der Waals surface area contributed by atoms with Gasteiger partial charge in [0.25, 0.3) is 0 Å². The first-order chi connectivity index (χ1) is 10.2. The number of anilines is 1. The molecule has 0 amide bonds. The van der Waals surface area contributed by atoms with Crippen LogP contribution in [-0.2, 0) is 0 Å². The van der Waals surface area contributed by atoms with E-state index in [4.69, 9.17) is 10.5 Å². The maximum absolute atomic E-state index is 6.07. The van der Waals surface area contributed by atoms with Crippen LogP contribution in [0.2, 0.25) is 0 Å². The molecule has 0 radical (unpaired) electrons. The molecule has 1 aliphatic heterocycles. The summed E-state index contributed by atoms with van der Waals surface area (Å²) in [4.78, 5) is 5.02. The molecular weight excluding hydrogens is 262 g/mol. The van der Waals surface area contributed by atoms with Crippen molar-refractivity contribution in [2.75, 3.05) is 44.7 Å². The Morgan fingerprint density at radius 2 is 1.81 bits per heavy atom. The summed E-state index contributed by atoms with van der Waals surface area (Å²) in [6.45, 7) is 9.52. The molecule has 1 heterocycles. The van der Waals surface area contributed by atoms with Crippen LogP contribution >= 0.6 is 0 Å². The van der Waals surface area contributed by atoms with Gasteiger partial charge in [0, 0.05) is 50.0 Å². The van der Waals surface area contributed by atoms with Gasteiger partial charge in [-0.25, -0.2) is 0 Å². The highest BCUT2D eigenvalue weighted by Gasteiger charge is 2.34. The molecule has 118 valence electrons. The fourth-order valence-electron chi connectivity index (χ4n) is 3.36. The first kappa shape index (κ1) is 16.1. The van der Waals surface area contributed by atoms with Gasteiger partial charge in [-0.05, 0) is 25.0 Å². The molecule has 0 saturated carbocycles. The molecule has 1 fully saturated rings. The van der Waals surface area contributed by atoms with E-state index in [2.05, 4.69) is 41.8 Å². The normalized spacial score (nSPS) is 17.0. The molecular formula is C17H29N3O. The number of nitrogens with two attached hydrogens (primary N) is 1. The predicted octanol–water partition coefficient (Wildman–Crippen LogP) is 2.33.